The summed E-state index contributed by atoms with van der Waals surface area (Å²) in [6.45, 7) is 0.595. The van der Waals surface area contributed by atoms with Gasteiger partial charge in [-0.3, -0.25) is 4.79 Å². The molecule has 1 amide bonds. The van der Waals surface area contributed by atoms with E-state index >= 15 is 0 Å². The topological polar surface area (TPSA) is 47.6 Å². The minimum Gasteiger partial charge on any atom is -0.496 e. The van der Waals surface area contributed by atoms with E-state index in [0.29, 0.717) is 23.6 Å². The van der Waals surface area contributed by atoms with Crippen molar-refractivity contribution in [2.75, 3.05) is 26.5 Å². The Morgan fingerprint density at radius 2 is 1.65 bits per heavy atom. The minimum atomic E-state index is -0.181. The van der Waals surface area contributed by atoms with Gasteiger partial charge in [0.2, 0.25) is 0 Å². The summed E-state index contributed by atoms with van der Waals surface area (Å²) in [6.07, 6.45) is 0. The third-order valence-corrected chi connectivity index (χ3v) is 4.33. The van der Waals surface area contributed by atoms with Crippen LogP contribution in [0.1, 0.15) is 15.9 Å². The molecule has 0 aliphatic heterocycles. The largest absolute Gasteiger partial charge is 0.496 e. The van der Waals surface area contributed by atoms with Gasteiger partial charge in [-0.15, -0.1) is 0 Å². The van der Waals surface area contributed by atoms with Gasteiger partial charge in [0.15, 0.2) is 0 Å². The Labute approximate surface area is 141 Å². The van der Waals surface area contributed by atoms with E-state index in [4.69, 9.17) is 9.47 Å². The highest BCUT2D eigenvalue weighted by molar-refractivity contribution is 7.98. The van der Waals surface area contributed by atoms with E-state index in [2.05, 4.69) is 17.4 Å². The van der Waals surface area contributed by atoms with Crippen LogP contribution in [0.5, 0.6) is 11.5 Å². The van der Waals surface area contributed by atoms with Crippen molar-refractivity contribution < 1.29 is 14.3 Å². The van der Waals surface area contributed by atoms with Gasteiger partial charge in [-0.25, -0.2) is 0 Å². The van der Waals surface area contributed by atoms with Crippen LogP contribution in [0.15, 0.2) is 48.5 Å². The molecule has 5 heteroatoms. The van der Waals surface area contributed by atoms with Gasteiger partial charge >= 0.3 is 0 Å². The molecule has 0 aliphatic rings. The number of hydrogen-bond acceptors (Lipinski definition) is 4. The maximum atomic E-state index is 12.4. The van der Waals surface area contributed by atoms with Crippen molar-refractivity contribution in [2.45, 2.75) is 5.75 Å². The lowest BCUT2D eigenvalue weighted by Gasteiger charge is -2.12. The van der Waals surface area contributed by atoms with Gasteiger partial charge in [-0.05, 0) is 17.7 Å². The number of rotatable bonds is 8. The fraction of sp³-hybridized carbons (Fsp3) is 0.278. The Morgan fingerprint density at radius 3 is 2.26 bits per heavy atom. The molecule has 2 aromatic rings. The van der Waals surface area contributed by atoms with E-state index in [1.807, 2.05) is 18.2 Å². The van der Waals surface area contributed by atoms with Gasteiger partial charge in [0, 0.05) is 18.1 Å². The fourth-order valence-electron chi connectivity index (χ4n) is 2.16. The monoisotopic (exact) mass is 331 g/mol. The normalized spacial score (nSPS) is 10.2. The number of benzene rings is 2. The second kappa shape index (κ2) is 9.10. The third-order valence-electron chi connectivity index (χ3n) is 3.30. The van der Waals surface area contributed by atoms with Crippen LogP contribution in [0.25, 0.3) is 0 Å². The number of carbonyl (C=O) groups excluding carboxylic acids is 1. The summed E-state index contributed by atoms with van der Waals surface area (Å²) in [4.78, 5) is 12.4. The average molecular weight is 331 g/mol. The molecule has 122 valence electrons. The highest BCUT2D eigenvalue weighted by atomic mass is 32.2. The van der Waals surface area contributed by atoms with Gasteiger partial charge in [0.25, 0.3) is 5.91 Å². The van der Waals surface area contributed by atoms with Crippen molar-refractivity contribution in [3.8, 4) is 11.5 Å². The average Bonchev–Trinajstić information content (AvgIpc) is 2.61. The van der Waals surface area contributed by atoms with E-state index in [9.17, 15) is 4.79 Å². The summed E-state index contributed by atoms with van der Waals surface area (Å²) < 4.78 is 10.5. The molecular weight excluding hydrogens is 310 g/mol. The number of carbonyl (C=O) groups is 1. The Morgan fingerprint density at radius 1 is 1.00 bits per heavy atom. The molecule has 2 rings (SSSR count). The Kier molecular flexibility index (Phi) is 6.81. The van der Waals surface area contributed by atoms with Gasteiger partial charge in [-0.1, -0.05) is 36.4 Å². The molecule has 2 aromatic carbocycles. The van der Waals surface area contributed by atoms with Crippen molar-refractivity contribution in [3.63, 3.8) is 0 Å². The molecule has 0 fully saturated rings. The highest BCUT2D eigenvalue weighted by Gasteiger charge is 2.17. The molecule has 0 atom stereocenters. The van der Waals surface area contributed by atoms with Crippen LogP contribution in [0.2, 0.25) is 0 Å². The predicted molar refractivity (Wildman–Crippen MR) is 94.5 cm³/mol. The van der Waals surface area contributed by atoms with E-state index in [1.165, 1.54) is 5.56 Å². The fourth-order valence-corrected chi connectivity index (χ4v) is 2.98. The summed E-state index contributed by atoms with van der Waals surface area (Å²) in [7, 11) is 3.09. The van der Waals surface area contributed by atoms with Gasteiger partial charge < -0.3 is 14.8 Å². The molecule has 0 spiro atoms. The lowest BCUT2D eigenvalue weighted by Crippen LogP contribution is -2.26. The van der Waals surface area contributed by atoms with E-state index < -0.39 is 0 Å². The van der Waals surface area contributed by atoms with Crippen molar-refractivity contribution in [1.82, 2.24) is 5.32 Å². The van der Waals surface area contributed by atoms with Crippen LogP contribution in [-0.2, 0) is 5.75 Å². The van der Waals surface area contributed by atoms with E-state index in [1.54, 1.807) is 44.2 Å². The number of hydrogen-bond donors (Lipinski definition) is 1. The molecule has 0 unspecified atom stereocenters. The van der Waals surface area contributed by atoms with Gasteiger partial charge in [-0.2, -0.15) is 11.8 Å². The molecular formula is C18H21NO3S. The van der Waals surface area contributed by atoms with Crippen LogP contribution in [0.4, 0.5) is 0 Å². The second-order valence-corrected chi connectivity index (χ2v) is 5.94. The Bertz CT molecular complexity index is 609. The maximum Gasteiger partial charge on any atom is 0.258 e. The summed E-state index contributed by atoms with van der Waals surface area (Å²) in [5.41, 5.74) is 1.72. The molecule has 0 radical (unpaired) electrons. The molecule has 0 bridgehead atoms. The quantitative estimate of drug-likeness (QED) is 0.754. The molecule has 0 saturated carbocycles. The minimum absolute atomic E-state index is 0.181. The first-order valence-corrected chi connectivity index (χ1v) is 8.52. The standard InChI is InChI=1S/C18H21NO3S/c1-21-15-9-6-10-16(22-2)17(15)18(20)19-11-12-23-13-14-7-4-3-5-8-14/h3-10H,11-13H2,1-2H3,(H,19,20). The van der Waals surface area contributed by atoms with Crippen LogP contribution in [0.3, 0.4) is 0 Å². The van der Waals surface area contributed by atoms with E-state index in [0.717, 1.165) is 11.5 Å². The van der Waals surface area contributed by atoms with Crippen molar-refractivity contribution in [1.29, 1.82) is 0 Å². The predicted octanol–water partition coefficient (Wildman–Crippen LogP) is 3.37. The first-order valence-electron chi connectivity index (χ1n) is 7.37. The lowest BCUT2D eigenvalue weighted by atomic mass is 10.1. The molecule has 0 heterocycles. The molecule has 23 heavy (non-hydrogen) atoms. The van der Waals surface area contributed by atoms with Gasteiger partial charge in [0.05, 0.1) is 14.2 Å². The van der Waals surface area contributed by atoms with E-state index in [-0.39, 0.29) is 5.91 Å². The van der Waals surface area contributed by atoms with Crippen LogP contribution < -0.4 is 14.8 Å². The van der Waals surface area contributed by atoms with Crippen LogP contribution in [-0.4, -0.2) is 32.4 Å². The van der Waals surface area contributed by atoms with Crippen molar-refractivity contribution >= 4 is 17.7 Å². The number of thioether (sulfide) groups is 1. The molecule has 0 saturated heterocycles. The van der Waals surface area contributed by atoms with Gasteiger partial charge in [0.1, 0.15) is 17.1 Å². The first-order chi connectivity index (χ1) is 11.3. The van der Waals surface area contributed by atoms with Crippen LogP contribution >= 0.6 is 11.8 Å². The van der Waals surface area contributed by atoms with Crippen molar-refractivity contribution in [2.24, 2.45) is 0 Å². The maximum absolute atomic E-state index is 12.4. The number of amides is 1. The van der Waals surface area contributed by atoms with Crippen molar-refractivity contribution in [3.05, 3.63) is 59.7 Å². The summed E-state index contributed by atoms with van der Waals surface area (Å²) in [5.74, 6) is 2.63. The lowest BCUT2D eigenvalue weighted by molar-refractivity contribution is 0.0950. The van der Waals surface area contributed by atoms with Crippen LogP contribution in [0, 0.1) is 0 Å². The summed E-state index contributed by atoms with van der Waals surface area (Å²) in [6, 6.07) is 15.6. The highest BCUT2D eigenvalue weighted by Crippen LogP contribution is 2.27. The second-order valence-electron chi connectivity index (χ2n) is 4.83. The third kappa shape index (κ3) is 4.93. The smallest absolute Gasteiger partial charge is 0.258 e. The first kappa shape index (κ1) is 17.2. The SMILES string of the molecule is COc1cccc(OC)c1C(=O)NCCSCc1ccccc1. The summed E-state index contributed by atoms with van der Waals surface area (Å²) >= 11 is 1.79. The number of methoxy groups -OCH3 is 2. The summed E-state index contributed by atoms with van der Waals surface area (Å²) in [5, 5.41) is 2.91. The Balaban J connectivity index is 1.83. The molecule has 0 aromatic heterocycles. The number of nitrogens with one attached hydrogen (secondary N) is 1. The zero-order valence-corrected chi connectivity index (χ0v) is 14.2. The zero-order valence-electron chi connectivity index (χ0n) is 13.4. The molecule has 1 N–H and O–H groups in total. The molecule has 0 aliphatic carbocycles. The zero-order chi connectivity index (χ0) is 16.5. The number of ether oxygens (including phenoxy) is 2. The molecule has 4 nitrogen and oxygen atoms in total. The Hall–Kier alpha value is -2.14.